The molecule has 7 heteroatoms. The molecule has 0 saturated carbocycles. The van der Waals surface area contributed by atoms with Crippen LogP contribution in [0.5, 0.6) is 11.5 Å². The Labute approximate surface area is 162 Å². The summed E-state index contributed by atoms with van der Waals surface area (Å²) in [6, 6.07) is 11.9. The number of ether oxygens (including phenoxy) is 3. The summed E-state index contributed by atoms with van der Waals surface area (Å²) in [5, 5.41) is 0. The Morgan fingerprint density at radius 3 is 2.25 bits per heavy atom. The quantitative estimate of drug-likeness (QED) is 0.396. The van der Waals surface area contributed by atoms with Crippen molar-refractivity contribution in [2.24, 2.45) is 0 Å². The topological polar surface area (TPSA) is 82.1 Å². The lowest BCUT2D eigenvalue weighted by atomic mass is 10.1. The monoisotopic (exact) mass is 383 g/mol. The zero-order chi connectivity index (χ0) is 20.1. The van der Waals surface area contributed by atoms with E-state index in [1.54, 1.807) is 49.6 Å². The molecule has 7 nitrogen and oxygen atoms in total. The van der Waals surface area contributed by atoms with Crippen molar-refractivity contribution in [2.45, 2.75) is 12.8 Å². The highest BCUT2D eigenvalue weighted by Gasteiger charge is 2.34. The Morgan fingerprint density at radius 1 is 0.964 bits per heavy atom. The van der Waals surface area contributed by atoms with Gasteiger partial charge in [-0.15, -0.1) is 0 Å². The Morgan fingerprint density at radius 2 is 1.64 bits per heavy atom. The van der Waals surface area contributed by atoms with Crippen LogP contribution in [0.3, 0.4) is 0 Å². The minimum atomic E-state index is -0.411. The van der Waals surface area contributed by atoms with Gasteiger partial charge < -0.3 is 14.2 Å². The van der Waals surface area contributed by atoms with Gasteiger partial charge in [0.15, 0.2) is 0 Å². The number of hydrogen-bond acceptors (Lipinski definition) is 6. The van der Waals surface area contributed by atoms with Crippen LogP contribution in [-0.2, 0) is 16.0 Å². The van der Waals surface area contributed by atoms with Gasteiger partial charge in [0.1, 0.15) is 11.5 Å². The van der Waals surface area contributed by atoms with E-state index in [1.807, 2.05) is 0 Å². The van der Waals surface area contributed by atoms with Gasteiger partial charge in [-0.2, -0.15) is 0 Å². The highest BCUT2D eigenvalue weighted by molar-refractivity contribution is 6.21. The second-order valence-electron chi connectivity index (χ2n) is 6.24. The second-order valence-corrected chi connectivity index (χ2v) is 6.24. The number of imide groups is 1. The first-order valence-electron chi connectivity index (χ1n) is 8.87. The first-order valence-corrected chi connectivity index (χ1v) is 8.87. The average Bonchev–Trinajstić information content (AvgIpc) is 2.96. The van der Waals surface area contributed by atoms with E-state index in [4.69, 9.17) is 14.2 Å². The number of methoxy groups -OCH3 is 2. The number of hydrogen-bond donors (Lipinski definition) is 0. The van der Waals surface area contributed by atoms with E-state index in [2.05, 4.69) is 0 Å². The van der Waals surface area contributed by atoms with E-state index in [-0.39, 0.29) is 31.4 Å². The van der Waals surface area contributed by atoms with E-state index in [0.29, 0.717) is 34.6 Å². The fraction of sp³-hybridized carbons (Fsp3) is 0.286. The van der Waals surface area contributed by atoms with Gasteiger partial charge >= 0.3 is 5.97 Å². The Hall–Kier alpha value is -3.35. The maximum absolute atomic E-state index is 12.3. The molecule has 28 heavy (non-hydrogen) atoms. The third-order valence-electron chi connectivity index (χ3n) is 4.50. The van der Waals surface area contributed by atoms with E-state index in [1.165, 1.54) is 12.0 Å². The van der Waals surface area contributed by atoms with Gasteiger partial charge in [-0.1, -0.05) is 18.2 Å². The van der Waals surface area contributed by atoms with Crippen LogP contribution in [0.4, 0.5) is 0 Å². The predicted octanol–water partition coefficient (Wildman–Crippen LogP) is 2.48. The summed E-state index contributed by atoms with van der Waals surface area (Å²) in [5.74, 6) is 0.146. The lowest BCUT2D eigenvalue weighted by Crippen LogP contribution is -2.31. The first kappa shape index (κ1) is 19.4. The van der Waals surface area contributed by atoms with Crippen molar-refractivity contribution >= 4 is 17.8 Å². The average molecular weight is 383 g/mol. The molecule has 0 spiro atoms. The Balaban J connectivity index is 1.48. The molecule has 2 aromatic rings. The highest BCUT2D eigenvalue weighted by Crippen LogP contribution is 2.25. The molecule has 3 rings (SSSR count). The van der Waals surface area contributed by atoms with E-state index in [0.717, 1.165) is 0 Å². The molecular formula is C21H21NO6. The third kappa shape index (κ3) is 3.98. The molecule has 0 N–H and O–H groups in total. The van der Waals surface area contributed by atoms with Crippen molar-refractivity contribution in [3.63, 3.8) is 0 Å². The second kappa shape index (κ2) is 8.56. The SMILES string of the molecule is COc1ccc(CC(=O)OCCCN2C(=O)c3ccccc3C2=O)c(OC)c1. The van der Waals surface area contributed by atoms with Crippen molar-refractivity contribution in [2.75, 3.05) is 27.4 Å². The lowest BCUT2D eigenvalue weighted by molar-refractivity contribution is -0.142. The van der Waals surface area contributed by atoms with Crippen LogP contribution < -0.4 is 9.47 Å². The minimum absolute atomic E-state index is 0.0557. The summed E-state index contributed by atoms with van der Waals surface area (Å²) in [6.07, 6.45) is 0.428. The van der Waals surface area contributed by atoms with Gasteiger partial charge in [0.05, 0.1) is 38.4 Å². The summed E-state index contributed by atoms with van der Waals surface area (Å²) >= 11 is 0. The molecule has 2 amide bonds. The van der Waals surface area contributed by atoms with Gasteiger partial charge in [0.2, 0.25) is 0 Å². The summed E-state index contributed by atoms with van der Waals surface area (Å²) < 4.78 is 15.6. The Kier molecular flexibility index (Phi) is 5.93. The number of benzene rings is 2. The molecule has 0 aromatic heterocycles. The van der Waals surface area contributed by atoms with Gasteiger partial charge in [-0.25, -0.2) is 0 Å². The van der Waals surface area contributed by atoms with Crippen LogP contribution in [0, 0.1) is 0 Å². The molecule has 0 fully saturated rings. The summed E-state index contributed by atoms with van der Waals surface area (Å²) in [4.78, 5) is 37.8. The largest absolute Gasteiger partial charge is 0.497 e. The molecule has 1 aliphatic heterocycles. The lowest BCUT2D eigenvalue weighted by Gasteiger charge is -2.14. The maximum Gasteiger partial charge on any atom is 0.310 e. The van der Waals surface area contributed by atoms with Gasteiger partial charge in [-0.05, 0) is 24.6 Å². The van der Waals surface area contributed by atoms with Crippen LogP contribution in [-0.4, -0.2) is 50.1 Å². The summed E-state index contributed by atoms with van der Waals surface area (Å²) in [5.41, 5.74) is 1.51. The number of amides is 2. The molecule has 0 atom stereocenters. The number of carbonyl (C=O) groups excluding carboxylic acids is 3. The molecule has 2 aromatic carbocycles. The van der Waals surface area contributed by atoms with Crippen molar-refractivity contribution in [1.82, 2.24) is 4.90 Å². The van der Waals surface area contributed by atoms with Crippen molar-refractivity contribution in [3.8, 4) is 11.5 Å². The van der Waals surface area contributed by atoms with Crippen LogP contribution in [0.2, 0.25) is 0 Å². The van der Waals surface area contributed by atoms with Crippen LogP contribution in [0.15, 0.2) is 42.5 Å². The van der Waals surface area contributed by atoms with E-state index < -0.39 is 5.97 Å². The van der Waals surface area contributed by atoms with Gasteiger partial charge in [0, 0.05) is 18.2 Å². The van der Waals surface area contributed by atoms with Crippen molar-refractivity contribution in [1.29, 1.82) is 0 Å². The standard InChI is InChI=1S/C21H21NO6/c1-26-15-9-8-14(18(13-15)27-2)12-19(23)28-11-5-10-22-20(24)16-6-3-4-7-17(16)21(22)25/h3-4,6-9,13H,5,10-12H2,1-2H3. The predicted molar refractivity (Wildman–Crippen MR) is 101 cm³/mol. The third-order valence-corrected chi connectivity index (χ3v) is 4.50. The minimum Gasteiger partial charge on any atom is -0.497 e. The molecule has 0 saturated heterocycles. The van der Waals surface area contributed by atoms with E-state index in [9.17, 15) is 14.4 Å². The van der Waals surface area contributed by atoms with Crippen molar-refractivity contribution in [3.05, 3.63) is 59.2 Å². The molecule has 0 bridgehead atoms. The summed E-state index contributed by atoms with van der Waals surface area (Å²) in [7, 11) is 3.07. The van der Waals surface area contributed by atoms with E-state index >= 15 is 0 Å². The maximum atomic E-state index is 12.3. The van der Waals surface area contributed by atoms with Gasteiger partial charge in [0.25, 0.3) is 11.8 Å². The normalized spacial score (nSPS) is 12.7. The highest BCUT2D eigenvalue weighted by atomic mass is 16.5. The first-order chi connectivity index (χ1) is 13.5. The summed E-state index contributed by atoms with van der Waals surface area (Å²) in [6.45, 7) is 0.316. The number of fused-ring (bicyclic) bond motifs is 1. The van der Waals surface area contributed by atoms with Crippen molar-refractivity contribution < 1.29 is 28.6 Å². The van der Waals surface area contributed by atoms with Crippen LogP contribution in [0.1, 0.15) is 32.7 Å². The molecule has 0 aliphatic carbocycles. The molecule has 146 valence electrons. The number of carbonyl (C=O) groups is 3. The zero-order valence-electron chi connectivity index (χ0n) is 15.8. The number of nitrogens with zero attached hydrogens (tertiary/aromatic N) is 1. The van der Waals surface area contributed by atoms with Gasteiger partial charge in [-0.3, -0.25) is 19.3 Å². The molecule has 0 radical (unpaired) electrons. The fourth-order valence-electron chi connectivity index (χ4n) is 3.06. The zero-order valence-corrected chi connectivity index (χ0v) is 15.8. The van der Waals surface area contributed by atoms with Crippen LogP contribution in [0.25, 0.3) is 0 Å². The smallest absolute Gasteiger partial charge is 0.310 e. The Bertz CT molecular complexity index is 873. The fourth-order valence-corrected chi connectivity index (χ4v) is 3.06. The molecule has 1 heterocycles. The number of esters is 1. The molecule has 0 unspecified atom stereocenters. The van der Waals surface area contributed by atoms with Crippen LogP contribution >= 0.6 is 0 Å². The molecule has 1 aliphatic rings. The molecular weight excluding hydrogens is 362 g/mol. The number of rotatable bonds is 8.